The second kappa shape index (κ2) is 8.65. The van der Waals surface area contributed by atoms with Crippen LogP contribution in [0.4, 0.5) is 4.39 Å². The third-order valence-corrected chi connectivity index (χ3v) is 3.86. The summed E-state index contributed by atoms with van der Waals surface area (Å²) in [6.07, 6.45) is 5.51. The van der Waals surface area contributed by atoms with E-state index in [9.17, 15) is 4.39 Å². The Morgan fingerprint density at radius 1 is 1.22 bits per heavy atom. The zero-order valence-electron chi connectivity index (χ0n) is 11.3. The fourth-order valence-electron chi connectivity index (χ4n) is 2.11. The van der Waals surface area contributed by atoms with Crippen LogP contribution in [0.5, 0.6) is 0 Å². The molecule has 0 radical (unpaired) electrons. The molecule has 3 heteroatoms. The summed E-state index contributed by atoms with van der Waals surface area (Å²) in [6, 6.07) is 5.46. The fraction of sp³-hybridized carbons (Fsp3) is 0.600. The third kappa shape index (κ3) is 5.49. The Kier molecular flexibility index (Phi) is 7.52. The highest BCUT2D eigenvalue weighted by atomic mass is 79.9. The first-order chi connectivity index (χ1) is 8.67. The van der Waals surface area contributed by atoms with Gasteiger partial charge in [0.05, 0.1) is 0 Å². The molecule has 0 amide bonds. The van der Waals surface area contributed by atoms with Crippen molar-refractivity contribution in [2.24, 2.45) is 0 Å². The van der Waals surface area contributed by atoms with Crippen molar-refractivity contribution in [2.45, 2.75) is 52.0 Å². The second-order valence-electron chi connectivity index (χ2n) is 4.71. The Hall–Kier alpha value is -0.410. The number of hydrogen-bond donors (Lipinski definition) is 1. The molecule has 0 heterocycles. The van der Waals surface area contributed by atoms with Crippen LogP contribution in [0.25, 0.3) is 0 Å². The van der Waals surface area contributed by atoms with Crippen molar-refractivity contribution in [3.8, 4) is 0 Å². The third-order valence-electron chi connectivity index (χ3n) is 3.09. The van der Waals surface area contributed by atoms with Crippen molar-refractivity contribution in [2.75, 3.05) is 6.54 Å². The molecule has 0 aliphatic heterocycles. The molecule has 1 nitrogen and oxygen atoms in total. The smallest absolute Gasteiger partial charge is 0.123 e. The molecule has 18 heavy (non-hydrogen) atoms. The predicted octanol–water partition coefficient (Wildman–Crippen LogP) is 4.69. The van der Waals surface area contributed by atoms with E-state index in [1.807, 2.05) is 0 Å². The highest BCUT2D eigenvalue weighted by Crippen LogP contribution is 2.20. The number of hydrogen-bond acceptors (Lipinski definition) is 1. The molecule has 0 saturated carbocycles. The number of rotatable bonds is 8. The molecule has 0 fully saturated rings. The van der Waals surface area contributed by atoms with Crippen molar-refractivity contribution in [1.82, 2.24) is 5.32 Å². The van der Waals surface area contributed by atoms with Gasteiger partial charge in [-0.3, -0.25) is 0 Å². The van der Waals surface area contributed by atoms with Gasteiger partial charge in [-0.15, -0.1) is 0 Å². The van der Waals surface area contributed by atoms with E-state index in [2.05, 4.69) is 35.1 Å². The fourth-order valence-corrected chi connectivity index (χ4v) is 2.55. The van der Waals surface area contributed by atoms with Gasteiger partial charge in [0.25, 0.3) is 0 Å². The molecular formula is C15H23BrFN. The molecule has 1 rings (SSSR count). The topological polar surface area (TPSA) is 12.0 Å². The minimum Gasteiger partial charge on any atom is -0.314 e. The van der Waals surface area contributed by atoms with Crippen molar-refractivity contribution < 1.29 is 4.39 Å². The Balaban J connectivity index is 2.52. The van der Waals surface area contributed by atoms with Crippen LogP contribution >= 0.6 is 15.9 Å². The standard InChI is InChI=1S/C15H23BrFN/c1-3-5-14(18-10-4-2)8-6-12-11-13(17)7-9-15(12)16/h7,9,11,14,18H,3-6,8,10H2,1-2H3. The van der Waals surface area contributed by atoms with Crippen LogP contribution in [-0.4, -0.2) is 12.6 Å². The van der Waals surface area contributed by atoms with Gasteiger partial charge in [0.1, 0.15) is 5.82 Å². The largest absolute Gasteiger partial charge is 0.314 e. The SMILES string of the molecule is CCCNC(CCC)CCc1cc(F)ccc1Br. The van der Waals surface area contributed by atoms with E-state index in [1.54, 1.807) is 12.1 Å². The van der Waals surface area contributed by atoms with Gasteiger partial charge in [-0.25, -0.2) is 4.39 Å². The summed E-state index contributed by atoms with van der Waals surface area (Å²) in [5.74, 6) is -0.151. The monoisotopic (exact) mass is 315 g/mol. The maximum atomic E-state index is 13.2. The number of aryl methyl sites for hydroxylation is 1. The zero-order valence-corrected chi connectivity index (χ0v) is 12.9. The van der Waals surface area contributed by atoms with E-state index in [-0.39, 0.29) is 5.82 Å². The lowest BCUT2D eigenvalue weighted by Crippen LogP contribution is -2.30. The summed E-state index contributed by atoms with van der Waals surface area (Å²) in [7, 11) is 0. The Bertz CT molecular complexity index is 354. The maximum absolute atomic E-state index is 13.2. The van der Waals surface area contributed by atoms with E-state index in [0.29, 0.717) is 6.04 Å². The van der Waals surface area contributed by atoms with Gasteiger partial charge in [-0.05, 0) is 56.0 Å². The number of benzene rings is 1. The minimum absolute atomic E-state index is 0.151. The predicted molar refractivity (Wildman–Crippen MR) is 79.4 cm³/mol. The zero-order chi connectivity index (χ0) is 13.4. The number of halogens is 2. The van der Waals surface area contributed by atoms with E-state index >= 15 is 0 Å². The van der Waals surface area contributed by atoms with E-state index in [1.165, 1.54) is 18.9 Å². The van der Waals surface area contributed by atoms with Gasteiger partial charge in [-0.2, -0.15) is 0 Å². The van der Waals surface area contributed by atoms with Crippen molar-refractivity contribution in [1.29, 1.82) is 0 Å². The van der Waals surface area contributed by atoms with Gasteiger partial charge >= 0.3 is 0 Å². The highest BCUT2D eigenvalue weighted by Gasteiger charge is 2.09. The van der Waals surface area contributed by atoms with Gasteiger partial charge in [0, 0.05) is 10.5 Å². The molecule has 0 aliphatic rings. The molecule has 0 aromatic heterocycles. The highest BCUT2D eigenvalue weighted by molar-refractivity contribution is 9.10. The number of nitrogens with one attached hydrogen (secondary N) is 1. The van der Waals surface area contributed by atoms with Crippen molar-refractivity contribution in [3.63, 3.8) is 0 Å². The van der Waals surface area contributed by atoms with Gasteiger partial charge in [0.15, 0.2) is 0 Å². The molecule has 1 atom stereocenters. The summed E-state index contributed by atoms with van der Waals surface area (Å²) in [6.45, 7) is 5.45. The average Bonchev–Trinajstić information content (AvgIpc) is 2.36. The van der Waals surface area contributed by atoms with Crippen LogP contribution in [0.2, 0.25) is 0 Å². The normalized spacial score (nSPS) is 12.7. The van der Waals surface area contributed by atoms with Gasteiger partial charge in [0.2, 0.25) is 0 Å². The first-order valence-electron chi connectivity index (χ1n) is 6.84. The van der Waals surface area contributed by atoms with Gasteiger partial charge in [-0.1, -0.05) is 36.2 Å². The average molecular weight is 316 g/mol. The van der Waals surface area contributed by atoms with E-state index in [4.69, 9.17) is 0 Å². The molecule has 1 N–H and O–H groups in total. The van der Waals surface area contributed by atoms with E-state index in [0.717, 1.165) is 35.8 Å². The molecule has 0 spiro atoms. The first kappa shape index (κ1) is 15.6. The first-order valence-corrected chi connectivity index (χ1v) is 7.64. The van der Waals surface area contributed by atoms with Crippen molar-refractivity contribution in [3.05, 3.63) is 34.1 Å². The molecular weight excluding hydrogens is 293 g/mol. The Labute approximate surface area is 118 Å². The summed E-state index contributed by atoms with van der Waals surface area (Å²) in [5.41, 5.74) is 1.06. The lowest BCUT2D eigenvalue weighted by Gasteiger charge is -2.18. The summed E-state index contributed by atoms with van der Waals surface area (Å²) in [5, 5.41) is 3.57. The Morgan fingerprint density at radius 2 is 2.00 bits per heavy atom. The summed E-state index contributed by atoms with van der Waals surface area (Å²) >= 11 is 3.49. The lowest BCUT2D eigenvalue weighted by atomic mass is 10.0. The molecule has 0 saturated heterocycles. The van der Waals surface area contributed by atoms with E-state index < -0.39 is 0 Å². The maximum Gasteiger partial charge on any atom is 0.123 e. The van der Waals surface area contributed by atoms with Crippen LogP contribution < -0.4 is 5.32 Å². The summed E-state index contributed by atoms with van der Waals surface area (Å²) in [4.78, 5) is 0. The molecule has 1 aromatic rings. The quantitative estimate of drug-likeness (QED) is 0.734. The van der Waals surface area contributed by atoms with Crippen LogP contribution in [0.1, 0.15) is 45.1 Å². The van der Waals surface area contributed by atoms with Crippen LogP contribution in [0, 0.1) is 5.82 Å². The van der Waals surface area contributed by atoms with Crippen LogP contribution in [-0.2, 0) is 6.42 Å². The van der Waals surface area contributed by atoms with Crippen LogP contribution in [0.15, 0.2) is 22.7 Å². The summed E-state index contributed by atoms with van der Waals surface area (Å²) < 4.78 is 14.2. The molecule has 1 aromatic carbocycles. The Morgan fingerprint density at radius 3 is 2.67 bits per heavy atom. The minimum atomic E-state index is -0.151. The molecule has 0 aliphatic carbocycles. The van der Waals surface area contributed by atoms with Crippen molar-refractivity contribution >= 4 is 15.9 Å². The molecule has 102 valence electrons. The second-order valence-corrected chi connectivity index (χ2v) is 5.57. The lowest BCUT2D eigenvalue weighted by molar-refractivity contribution is 0.448. The van der Waals surface area contributed by atoms with Crippen LogP contribution in [0.3, 0.4) is 0 Å². The molecule has 0 bridgehead atoms. The van der Waals surface area contributed by atoms with Gasteiger partial charge < -0.3 is 5.32 Å². The molecule has 1 unspecified atom stereocenters.